The molecular formula is C18H26N4O6. The molecule has 0 radical (unpaired) electrons. The van der Waals surface area contributed by atoms with Gasteiger partial charge in [-0.25, -0.2) is 0 Å². The lowest BCUT2D eigenvalue weighted by Crippen LogP contribution is -2.52. The molecule has 1 amide bonds. The number of hydrogen-bond acceptors (Lipinski definition) is 8. The van der Waals surface area contributed by atoms with Gasteiger partial charge in [-0.05, 0) is 33.0 Å². The number of hydroxylamine groups is 1. The lowest BCUT2D eigenvalue weighted by molar-refractivity contribution is -0.384. The molecule has 1 rings (SSSR count). The minimum atomic E-state index is -0.868. The molecule has 1 aromatic rings. The molecule has 0 saturated carbocycles. The normalized spacial score (nSPS) is 11.2. The summed E-state index contributed by atoms with van der Waals surface area (Å²) < 4.78 is 0. The van der Waals surface area contributed by atoms with Gasteiger partial charge in [0.2, 0.25) is 5.91 Å². The summed E-state index contributed by atoms with van der Waals surface area (Å²) in [6, 6.07) is 5.50. The van der Waals surface area contributed by atoms with Crippen LogP contribution in [0.1, 0.15) is 20.3 Å². The summed E-state index contributed by atoms with van der Waals surface area (Å²) in [5, 5.41) is 10.6. The predicted octanol–water partition coefficient (Wildman–Crippen LogP) is 0.805. The van der Waals surface area contributed by atoms with E-state index in [0.29, 0.717) is 5.75 Å². The van der Waals surface area contributed by atoms with Crippen molar-refractivity contribution in [3.05, 3.63) is 34.4 Å². The van der Waals surface area contributed by atoms with Gasteiger partial charge < -0.3 is 14.5 Å². The monoisotopic (exact) mass is 394 g/mol. The van der Waals surface area contributed by atoms with Crippen LogP contribution in [0.3, 0.4) is 0 Å². The van der Waals surface area contributed by atoms with Gasteiger partial charge in [0, 0.05) is 32.1 Å². The Morgan fingerprint density at radius 1 is 1.25 bits per heavy atom. The van der Waals surface area contributed by atoms with Gasteiger partial charge in [0.15, 0.2) is 5.78 Å². The number of carbonyl (C=O) groups excluding carboxylic acids is 3. The summed E-state index contributed by atoms with van der Waals surface area (Å²) in [5.41, 5.74) is 1.69. The van der Waals surface area contributed by atoms with Crippen LogP contribution in [-0.4, -0.2) is 72.0 Å². The number of rotatable bonds is 12. The summed E-state index contributed by atoms with van der Waals surface area (Å²) in [5.74, 6) is -0.0497. The zero-order chi connectivity index (χ0) is 21.3. The second-order valence-corrected chi connectivity index (χ2v) is 6.78. The Kier molecular flexibility index (Phi) is 8.68. The van der Waals surface area contributed by atoms with Crippen LogP contribution < -0.4 is 10.3 Å². The molecule has 1 aromatic carbocycles. The molecule has 0 saturated heterocycles. The number of nitro groups is 1. The Hall–Kier alpha value is -2.85. The fraction of sp³-hybridized carbons (Fsp3) is 0.500. The van der Waals surface area contributed by atoms with Crippen molar-refractivity contribution in [1.29, 1.82) is 0 Å². The van der Waals surface area contributed by atoms with E-state index in [1.165, 1.54) is 36.2 Å². The molecule has 0 spiro atoms. The minimum Gasteiger partial charge on any atom is -0.409 e. The van der Waals surface area contributed by atoms with Crippen LogP contribution in [0.4, 0.5) is 5.69 Å². The fourth-order valence-corrected chi connectivity index (χ4v) is 2.17. The number of hydrogen-bond donors (Lipinski definition) is 1. The van der Waals surface area contributed by atoms with Crippen molar-refractivity contribution >= 4 is 23.7 Å². The van der Waals surface area contributed by atoms with E-state index in [9.17, 15) is 24.5 Å². The maximum Gasteiger partial charge on any atom is 0.269 e. The first-order valence-electron chi connectivity index (χ1n) is 8.66. The van der Waals surface area contributed by atoms with Gasteiger partial charge in [-0.3, -0.25) is 24.6 Å². The third-order valence-electron chi connectivity index (χ3n) is 4.47. The van der Waals surface area contributed by atoms with Crippen molar-refractivity contribution in [3.8, 4) is 5.75 Å². The van der Waals surface area contributed by atoms with Crippen LogP contribution in [-0.2, 0) is 14.4 Å². The largest absolute Gasteiger partial charge is 0.409 e. The quantitative estimate of drug-likeness (QED) is 0.239. The molecule has 0 aliphatic rings. The third kappa shape index (κ3) is 6.71. The fourth-order valence-electron chi connectivity index (χ4n) is 2.17. The topological polar surface area (TPSA) is 122 Å². The number of non-ortho nitro benzene ring substituents is 1. The summed E-state index contributed by atoms with van der Waals surface area (Å²) in [7, 11) is 3.21. The van der Waals surface area contributed by atoms with E-state index in [1.54, 1.807) is 25.8 Å². The Morgan fingerprint density at radius 2 is 1.86 bits per heavy atom. The SMILES string of the molecule is CN(CC(=O)C(C)(C)N(C)CC=O)C(=O)CCNOc1ccc([N+](=O)[O-])cc1. The Bertz CT molecular complexity index is 705. The number of benzene rings is 1. The van der Waals surface area contributed by atoms with Gasteiger partial charge in [-0.15, -0.1) is 0 Å². The van der Waals surface area contributed by atoms with Crippen LogP contribution in [0.5, 0.6) is 5.75 Å². The molecule has 28 heavy (non-hydrogen) atoms. The molecule has 0 aliphatic heterocycles. The van der Waals surface area contributed by atoms with E-state index in [4.69, 9.17) is 4.84 Å². The maximum absolute atomic E-state index is 12.4. The molecule has 0 unspecified atom stereocenters. The zero-order valence-corrected chi connectivity index (χ0v) is 16.5. The van der Waals surface area contributed by atoms with Crippen LogP contribution in [0.25, 0.3) is 0 Å². The number of amides is 1. The van der Waals surface area contributed by atoms with Gasteiger partial charge >= 0.3 is 0 Å². The highest BCUT2D eigenvalue weighted by atomic mass is 16.6. The molecule has 0 fully saturated rings. The molecule has 0 heterocycles. The number of nitro benzene ring substituents is 1. The molecular weight excluding hydrogens is 368 g/mol. The van der Waals surface area contributed by atoms with Crippen molar-refractivity contribution in [2.75, 3.05) is 33.7 Å². The molecule has 10 heteroatoms. The maximum atomic E-state index is 12.4. The van der Waals surface area contributed by atoms with Gasteiger partial charge in [0.1, 0.15) is 12.0 Å². The predicted molar refractivity (Wildman–Crippen MR) is 102 cm³/mol. The van der Waals surface area contributed by atoms with E-state index in [2.05, 4.69) is 5.48 Å². The lowest BCUT2D eigenvalue weighted by atomic mass is 9.96. The number of likely N-dealkylation sites (N-methyl/N-ethyl adjacent to an activating group) is 2. The van der Waals surface area contributed by atoms with Gasteiger partial charge in [-0.1, -0.05) is 0 Å². The molecule has 0 aromatic heterocycles. The minimum absolute atomic E-state index is 0.0458. The van der Waals surface area contributed by atoms with Gasteiger partial charge in [0.05, 0.1) is 23.6 Å². The third-order valence-corrected chi connectivity index (χ3v) is 4.47. The highest BCUT2D eigenvalue weighted by Gasteiger charge is 2.32. The van der Waals surface area contributed by atoms with E-state index < -0.39 is 10.5 Å². The first kappa shape index (κ1) is 23.2. The van der Waals surface area contributed by atoms with Crippen LogP contribution in [0.15, 0.2) is 24.3 Å². The van der Waals surface area contributed by atoms with Crippen molar-refractivity contribution < 1.29 is 24.1 Å². The summed E-state index contributed by atoms with van der Waals surface area (Å²) in [4.78, 5) is 53.5. The molecule has 10 nitrogen and oxygen atoms in total. The van der Waals surface area contributed by atoms with E-state index >= 15 is 0 Å². The van der Waals surface area contributed by atoms with Crippen LogP contribution >= 0.6 is 0 Å². The number of nitrogens with zero attached hydrogens (tertiary/aromatic N) is 3. The van der Waals surface area contributed by atoms with Crippen molar-refractivity contribution in [2.45, 2.75) is 25.8 Å². The van der Waals surface area contributed by atoms with Crippen LogP contribution in [0, 0.1) is 10.1 Å². The Morgan fingerprint density at radius 3 is 2.39 bits per heavy atom. The average molecular weight is 394 g/mol. The standard InChI is InChI=1S/C18H26N4O6/c1-18(2,21(4)11-12-23)16(24)13-20(3)17(25)9-10-19-28-15-7-5-14(6-8-15)22(26)27/h5-8,12,19H,9-11,13H2,1-4H3. The zero-order valence-electron chi connectivity index (χ0n) is 16.5. The van der Waals surface area contributed by atoms with Crippen LogP contribution in [0.2, 0.25) is 0 Å². The van der Waals surface area contributed by atoms with E-state index in [-0.39, 0.29) is 43.4 Å². The Balaban J connectivity index is 2.40. The average Bonchev–Trinajstić information content (AvgIpc) is 2.65. The van der Waals surface area contributed by atoms with Gasteiger partial charge in [0.25, 0.3) is 5.69 Å². The number of nitrogens with one attached hydrogen (secondary N) is 1. The highest BCUT2D eigenvalue weighted by Crippen LogP contribution is 2.16. The Labute approximate surface area is 163 Å². The second kappa shape index (κ2) is 10.5. The molecule has 1 N–H and O–H groups in total. The molecule has 154 valence electrons. The summed E-state index contributed by atoms with van der Waals surface area (Å²) in [6.07, 6.45) is 0.821. The van der Waals surface area contributed by atoms with E-state index in [1.807, 2.05) is 0 Å². The lowest BCUT2D eigenvalue weighted by Gasteiger charge is -2.34. The summed E-state index contributed by atoms with van der Waals surface area (Å²) >= 11 is 0. The highest BCUT2D eigenvalue weighted by molar-refractivity contribution is 5.92. The summed E-state index contributed by atoms with van der Waals surface area (Å²) in [6.45, 7) is 3.66. The molecule has 0 atom stereocenters. The van der Waals surface area contributed by atoms with Crippen molar-refractivity contribution in [3.63, 3.8) is 0 Å². The van der Waals surface area contributed by atoms with Crippen molar-refractivity contribution in [1.82, 2.24) is 15.3 Å². The number of ketones is 1. The first-order chi connectivity index (χ1) is 13.1. The number of carbonyl (C=O) groups is 3. The van der Waals surface area contributed by atoms with E-state index in [0.717, 1.165) is 6.29 Å². The number of aldehydes is 1. The first-order valence-corrected chi connectivity index (χ1v) is 8.66. The van der Waals surface area contributed by atoms with Gasteiger partial charge in [-0.2, -0.15) is 5.48 Å². The molecule has 0 aliphatic carbocycles. The second-order valence-electron chi connectivity index (χ2n) is 6.78. The van der Waals surface area contributed by atoms with Crippen molar-refractivity contribution in [2.24, 2.45) is 0 Å². The number of Topliss-reactive ketones (excluding diaryl/α,β-unsaturated/α-hetero) is 1. The smallest absolute Gasteiger partial charge is 0.269 e. The molecule has 0 bridgehead atoms.